The van der Waals surface area contributed by atoms with Gasteiger partial charge in [0.05, 0.1) is 25.9 Å². The van der Waals surface area contributed by atoms with Crippen LogP contribution in [0.3, 0.4) is 0 Å². The second-order valence-corrected chi connectivity index (χ2v) is 11.6. The molecule has 2 heterocycles. The monoisotopic (exact) mass is 612 g/mol. The lowest BCUT2D eigenvalue weighted by molar-refractivity contribution is -0.204. The number of allylic oxidation sites excluding steroid dienone is 1. The number of alkyl halides is 3. The lowest BCUT2D eigenvalue weighted by Gasteiger charge is -2.44. The van der Waals surface area contributed by atoms with E-state index in [1.807, 2.05) is 79.7 Å². The number of aliphatic imine (C=N–C) groups is 1. The van der Waals surface area contributed by atoms with Crippen LogP contribution in [0.15, 0.2) is 102 Å². The number of thioether (sulfide) groups is 1. The summed E-state index contributed by atoms with van der Waals surface area (Å²) in [6.45, 7) is 0.288. The van der Waals surface area contributed by atoms with E-state index in [4.69, 9.17) is 23.9 Å². The number of ether oxygens (including phenoxy) is 4. The van der Waals surface area contributed by atoms with E-state index in [2.05, 4.69) is 0 Å². The molecule has 0 aromatic heterocycles. The summed E-state index contributed by atoms with van der Waals surface area (Å²) in [7, 11) is 5.24. The Morgan fingerprint density at radius 3 is 1.98 bits per heavy atom. The van der Waals surface area contributed by atoms with Crippen LogP contribution in [0.2, 0.25) is 0 Å². The predicted molar refractivity (Wildman–Crippen MR) is 162 cm³/mol. The zero-order chi connectivity index (χ0) is 30.4. The van der Waals surface area contributed by atoms with Crippen molar-refractivity contribution in [2.24, 2.45) is 4.99 Å². The highest BCUT2D eigenvalue weighted by Gasteiger charge is 2.55. The summed E-state index contributed by atoms with van der Waals surface area (Å²) >= 11 is 1.30. The van der Waals surface area contributed by atoms with E-state index in [0.29, 0.717) is 16.5 Å². The summed E-state index contributed by atoms with van der Waals surface area (Å²) < 4.78 is 68.9. The molecule has 0 saturated carbocycles. The maximum absolute atomic E-state index is 14.9. The van der Waals surface area contributed by atoms with Crippen molar-refractivity contribution in [1.29, 1.82) is 0 Å². The van der Waals surface area contributed by atoms with Gasteiger partial charge in [-0.15, -0.1) is 0 Å². The fourth-order valence-electron chi connectivity index (χ4n) is 5.08. The standard InChI is InChI=1S/C33H35F3N2O4S/c1-38(2)32-37-27-29(40-20-23-10-6-4-7-11-23)30(41-21-24-12-8-5-9-13-24)28(42-31(27)43-32)26(33(34,35)36)19-16-22-14-17-25(39-3)18-15-22/h4-15,17-19,27-31H,16,20-21H2,1-3H3. The molecular formula is C33H35F3N2O4S. The molecule has 5 unspecified atom stereocenters. The van der Waals surface area contributed by atoms with E-state index < -0.39 is 41.5 Å². The molecule has 10 heteroatoms. The second-order valence-electron chi connectivity index (χ2n) is 10.6. The first-order chi connectivity index (χ1) is 20.7. The normalized spacial score (nSPS) is 23.9. The van der Waals surface area contributed by atoms with Gasteiger partial charge in [-0.1, -0.05) is 90.6 Å². The van der Waals surface area contributed by atoms with Gasteiger partial charge in [0.1, 0.15) is 35.5 Å². The molecule has 0 amide bonds. The van der Waals surface area contributed by atoms with Crippen molar-refractivity contribution in [3.05, 3.63) is 113 Å². The number of rotatable bonds is 10. The van der Waals surface area contributed by atoms with E-state index in [1.54, 1.807) is 31.4 Å². The number of halogens is 3. The van der Waals surface area contributed by atoms with Gasteiger partial charge in [-0.05, 0) is 35.2 Å². The van der Waals surface area contributed by atoms with Crippen molar-refractivity contribution in [2.45, 2.75) is 55.6 Å². The molecule has 1 fully saturated rings. The molecule has 3 aromatic rings. The Morgan fingerprint density at radius 2 is 1.44 bits per heavy atom. The van der Waals surface area contributed by atoms with Crippen molar-refractivity contribution in [3.8, 4) is 5.75 Å². The average molecular weight is 613 g/mol. The van der Waals surface area contributed by atoms with E-state index in [9.17, 15) is 13.2 Å². The van der Waals surface area contributed by atoms with Gasteiger partial charge in [0, 0.05) is 14.1 Å². The Hall–Kier alpha value is -3.31. The Kier molecular flexibility index (Phi) is 10.1. The van der Waals surface area contributed by atoms with Crippen molar-refractivity contribution in [3.63, 3.8) is 0 Å². The van der Waals surface area contributed by atoms with Gasteiger partial charge in [-0.3, -0.25) is 4.99 Å². The minimum Gasteiger partial charge on any atom is -0.497 e. The Labute approximate surface area is 254 Å². The van der Waals surface area contributed by atoms with Gasteiger partial charge < -0.3 is 23.8 Å². The third kappa shape index (κ3) is 7.80. The Morgan fingerprint density at radius 1 is 0.860 bits per heavy atom. The lowest BCUT2D eigenvalue weighted by atomic mass is 9.91. The molecule has 5 atom stereocenters. The molecule has 0 aliphatic carbocycles. The van der Waals surface area contributed by atoms with E-state index >= 15 is 0 Å². The maximum atomic E-state index is 14.9. The lowest BCUT2D eigenvalue weighted by Crippen LogP contribution is -2.58. The molecule has 0 spiro atoms. The van der Waals surface area contributed by atoms with Crippen molar-refractivity contribution >= 4 is 16.9 Å². The van der Waals surface area contributed by atoms with E-state index in [1.165, 1.54) is 17.8 Å². The van der Waals surface area contributed by atoms with Crippen LogP contribution in [0.1, 0.15) is 16.7 Å². The molecule has 2 aliphatic rings. The minimum atomic E-state index is -4.67. The number of hydrogen-bond donors (Lipinski definition) is 0. The van der Waals surface area contributed by atoms with Crippen LogP contribution >= 0.6 is 11.8 Å². The average Bonchev–Trinajstić information content (AvgIpc) is 3.44. The third-order valence-electron chi connectivity index (χ3n) is 7.30. The fraction of sp³-hybridized carbons (Fsp3) is 0.364. The number of hydrogen-bond acceptors (Lipinski definition) is 7. The Bertz CT molecular complexity index is 1380. The van der Waals surface area contributed by atoms with Crippen LogP contribution in [0.4, 0.5) is 13.2 Å². The predicted octanol–water partition coefficient (Wildman–Crippen LogP) is 6.66. The zero-order valence-corrected chi connectivity index (χ0v) is 25.1. The molecule has 5 rings (SSSR count). The summed E-state index contributed by atoms with van der Waals surface area (Å²) in [4.78, 5) is 6.67. The van der Waals surface area contributed by atoms with Crippen LogP contribution in [-0.4, -0.2) is 67.2 Å². The molecule has 0 bridgehead atoms. The second kappa shape index (κ2) is 14.0. The highest BCUT2D eigenvalue weighted by atomic mass is 32.2. The van der Waals surface area contributed by atoms with Crippen molar-refractivity contribution < 1.29 is 32.1 Å². The first kappa shape index (κ1) is 31.1. The summed E-state index contributed by atoms with van der Waals surface area (Å²) in [6.07, 6.45) is -6.73. The van der Waals surface area contributed by atoms with Gasteiger partial charge >= 0.3 is 6.18 Å². The zero-order valence-electron chi connectivity index (χ0n) is 24.2. The Balaban J connectivity index is 1.52. The van der Waals surface area contributed by atoms with E-state index in [-0.39, 0.29) is 19.6 Å². The van der Waals surface area contributed by atoms with Crippen LogP contribution in [0.25, 0.3) is 0 Å². The number of fused-ring (bicyclic) bond motifs is 1. The molecule has 228 valence electrons. The molecule has 6 nitrogen and oxygen atoms in total. The smallest absolute Gasteiger partial charge is 0.414 e. The molecule has 2 aliphatic heterocycles. The summed E-state index contributed by atoms with van der Waals surface area (Å²) in [6, 6.07) is 25.3. The van der Waals surface area contributed by atoms with Crippen LogP contribution in [0, 0.1) is 0 Å². The first-order valence-electron chi connectivity index (χ1n) is 14.0. The third-order valence-corrected chi connectivity index (χ3v) is 8.61. The highest BCUT2D eigenvalue weighted by molar-refractivity contribution is 8.14. The molecule has 0 radical (unpaired) electrons. The molecule has 43 heavy (non-hydrogen) atoms. The van der Waals surface area contributed by atoms with Crippen molar-refractivity contribution in [2.75, 3.05) is 21.2 Å². The largest absolute Gasteiger partial charge is 0.497 e. The highest BCUT2D eigenvalue weighted by Crippen LogP contribution is 2.44. The van der Waals surface area contributed by atoms with Gasteiger partial charge in [0.15, 0.2) is 5.17 Å². The number of methoxy groups -OCH3 is 1. The van der Waals surface area contributed by atoms with E-state index in [0.717, 1.165) is 11.1 Å². The number of amidine groups is 1. The molecule has 3 aromatic carbocycles. The maximum Gasteiger partial charge on any atom is 0.414 e. The van der Waals surface area contributed by atoms with Gasteiger partial charge in [0.25, 0.3) is 0 Å². The van der Waals surface area contributed by atoms with Crippen LogP contribution in [-0.2, 0) is 33.8 Å². The quantitative estimate of drug-likeness (QED) is 0.239. The summed E-state index contributed by atoms with van der Waals surface area (Å²) in [5, 5.41) is 0.668. The van der Waals surface area contributed by atoms with Crippen LogP contribution < -0.4 is 4.74 Å². The first-order valence-corrected chi connectivity index (χ1v) is 14.9. The SMILES string of the molecule is COc1ccc(CC=C(C2OC3SC(N(C)C)=NC3C(OCc3ccccc3)C2OCc2ccccc2)C(F)(F)F)cc1. The molecule has 0 N–H and O–H groups in total. The summed E-state index contributed by atoms with van der Waals surface area (Å²) in [5.41, 5.74) is 0.971. The fourth-order valence-corrected chi connectivity index (χ4v) is 6.21. The number of nitrogens with zero attached hydrogens (tertiary/aromatic N) is 2. The minimum absolute atomic E-state index is 0.0559. The van der Waals surface area contributed by atoms with Gasteiger partial charge in [-0.2, -0.15) is 13.2 Å². The molecular weight excluding hydrogens is 577 g/mol. The molecule has 1 saturated heterocycles. The van der Waals surface area contributed by atoms with Gasteiger partial charge in [-0.25, -0.2) is 0 Å². The van der Waals surface area contributed by atoms with Crippen LogP contribution in [0.5, 0.6) is 5.75 Å². The summed E-state index contributed by atoms with van der Waals surface area (Å²) in [5.74, 6) is 0.633. The van der Waals surface area contributed by atoms with Crippen molar-refractivity contribution in [1.82, 2.24) is 4.90 Å². The topological polar surface area (TPSA) is 52.5 Å². The number of benzene rings is 3. The van der Waals surface area contributed by atoms with Gasteiger partial charge in [0.2, 0.25) is 0 Å².